The molecule has 10 rings (SSSR count). The minimum Gasteiger partial charge on any atom is -0.481 e. The monoisotopic (exact) mass is 561 g/mol. The number of carboxylic acid groups (broad SMARTS) is 1. The molecule has 0 radical (unpaired) electrons. The fraction of sp³-hybridized carbons (Fsp3) is 0.353. The number of aryl methyl sites for hydroxylation is 4. The molecule has 0 saturated carbocycles. The molecule has 5 aromatic rings. The van der Waals surface area contributed by atoms with Crippen molar-refractivity contribution in [3.63, 3.8) is 0 Å². The molecule has 42 heavy (non-hydrogen) atoms. The van der Waals surface area contributed by atoms with Crippen LogP contribution in [0.4, 0.5) is 0 Å². The number of hydrogen-bond acceptors (Lipinski definition) is 4. The summed E-state index contributed by atoms with van der Waals surface area (Å²) in [6, 6.07) is 16.6. The maximum atomic E-state index is 14.0. The summed E-state index contributed by atoms with van der Waals surface area (Å²) in [6.07, 6.45) is 6.83. The van der Waals surface area contributed by atoms with Crippen molar-refractivity contribution in [2.24, 2.45) is 7.05 Å². The Morgan fingerprint density at radius 1 is 0.976 bits per heavy atom. The number of rotatable bonds is 2. The van der Waals surface area contributed by atoms with E-state index in [1.807, 2.05) is 34.8 Å². The van der Waals surface area contributed by atoms with Crippen molar-refractivity contribution in [2.45, 2.75) is 64.5 Å². The van der Waals surface area contributed by atoms with Crippen LogP contribution in [0.2, 0.25) is 0 Å². The summed E-state index contributed by atoms with van der Waals surface area (Å²) in [7, 11) is 2.05. The predicted octanol–water partition coefficient (Wildman–Crippen LogP) is 5.76. The fourth-order valence-electron chi connectivity index (χ4n) is 7.09. The van der Waals surface area contributed by atoms with Gasteiger partial charge >= 0.3 is 5.97 Å². The van der Waals surface area contributed by atoms with E-state index in [2.05, 4.69) is 58.3 Å². The van der Waals surface area contributed by atoms with Crippen molar-refractivity contribution in [3.8, 4) is 0 Å². The molecule has 0 aliphatic carbocycles. The summed E-state index contributed by atoms with van der Waals surface area (Å²) in [6.45, 7) is 3.96. The number of aromatic nitrogens is 4. The van der Waals surface area contributed by atoms with Crippen LogP contribution in [0.1, 0.15) is 75.3 Å². The quantitative estimate of drug-likeness (QED) is 0.296. The second-order valence-electron chi connectivity index (χ2n) is 11.9. The van der Waals surface area contributed by atoms with Crippen molar-refractivity contribution in [1.82, 2.24) is 24.5 Å². The van der Waals surface area contributed by atoms with Gasteiger partial charge in [0.25, 0.3) is 5.91 Å². The second-order valence-corrected chi connectivity index (χ2v) is 11.9. The summed E-state index contributed by atoms with van der Waals surface area (Å²) < 4.78 is 4.11. The lowest BCUT2D eigenvalue weighted by molar-refractivity contribution is -0.137. The fourth-order valence-corrected chi connectivity index (χ4v) is 7.09. The molecule has 1 amide bonds. The van der Waals surface area contributed by atoms with Gasteiger partial charge in [-0.25, -0.2) is 4.68 Å². The van der Waals surface area contributed by atoms with Gasteiger partial charge in [-0.2, -0.15) is 0 Å². The van der Waals surface area contributed by atoms with Crippen LogP contribution in [0.5, 0.6) is 0 Å². The molecule has 5 aliphatic heterocycles. The van der Waals surface area contributed by atoms with Gasteiger partial charge in [0, 0.05) is 49.7 Å². The van der Waals surface area contributed by atoms with Gasteiger partial charge in [0.1, 0.15) is 5.52 Å². The number of nitrogens with zero attached hydrogens (tertiary/aromatic N) is 5. The minimum absolute atomic E-state index is 0.0275. The molecule has 0 unspecified atom stereocenters. The highest BCUT2D eigenvalue weighted by atomic mass is 16.4. The second kappa shape index (κ2) is 10.4. The number of carbonyl (C=O) groups is 2. The predicted molar refractivity (Wildman–Crippen MR) is 162 cm³/mol. The molecule has 0 fully saturated rings. The van der Waals surface area contributed by atoms with E-state index in [-0.39, 0.29) is 18.2 Å². The Bertz CT molecular complexity index is 1870. The van der Waals surface area contributed by atoms with Crippen molar-refractivity contribution in [1.29, 1.82) is 0 Å². The van der Waals surface area contributed by atoms with Crippen LogP contribution in [0, 0.1) is 6.92 Å². The van der Waals surface area contributed by atoms with E-state index in [1.165, 1.54) is 11.1 Å². The van der Waals surface area contributed by atoms with Crippen LogP contribution in [0.25, 0.3) is 21.9 Å². The van der Waals surface area contributed by atoms with Gasteiger partial charge < -0.3 is 14.6 Å². The molecule has 7 heterocycles. The third kappa shape index (κ3) is 4.46. The summed E-state index contributed by atoms with van der Waals surface area (Å²) in [4.78, 5) is 28.0. The van der Waals surface area contributed by atoms with Gasteiger partial charge in [-0.15, -0.1) is 5.10 Å². The Balaban J connectivity index is 1.35. The first-order valence-corrected chi connectivity index (χ1v) is 14.9. The van der Waals surface area contributed by atoms with Gasteiger partial charge in [-0.1, -0.05) is 42.0 Å². The molecular formula is C34H35N5O3. The highest BCUT2D eigenvalue weighted by molar-refractivity contribution is 6.07. The first-order chi connectivity index (χ1) is 20.4. The third-order valence-electron chi connectivity index (χ3n) is 9.33. The molecule has 1 atom stereocenters. The van der Waals surface area contributed by atoms with E-state index in [4.69, 9.17) is 0 Å². The standard InChI is InChI=1S/C34H35N5O3/c1-21-26-11-12-30-32(21)35-36-39(30)15-5-3-4-6-23-9-10-28(27-14-16-37(2)33(23)27)34(42)38-17-13-22-7-8-24(18-25(22)20-38)29(26)19-31(40)41/h7-12,14,16,18,29H,3-6,13,15,17,19-20H2,1-2H3,(H,40,41)/t29-/m0/s1. The summed E-state index contributed by atoms with van der Waals surface area (Å²) in [5.74, 6) is -1.14. The number of benzene rings is 3. The molecule has 2 aromatic heterocycles. The smallest absolute Gasteiger partial charge is 0.304 e. The molecule has 9 bridgehead atoms. The molecule has 214 valence electrons. The Morgan fingerprint density at radius 3 is 2.69 bits per heavy atom. The Hall–Kier alpha value is -4.46. The number of carboxylic acids is 1. The lowest BCUT2D eigenvalue weighted by Gasteiger charge is -2.30. The summed E-state index contributed by atoms with van der Waals surface area (Å²) in [5.41, 5.74) is 10.1. The minimum atomic E-state index is -0.849. The number of aliphatic carboxylic acids is 1. The highest BCUT2D eigenvalue weighted by Gasteiger charge is 2.27. The van der Waals surface area contributed by atoms with Crippen LogP contribution in [0.15, 0.2) is 54.7 Å². The highest BCUT2D eigenvalue weighted by Crippen LogP contribution is 2.36. The summed E-state index contributed by atoms with van der Waals surface area (Å²) in [5, 5.41) is 19.9. The van der Waals surface area contributed by atoms with Crippen LogP contribution in [-0.2, 0) is 37.8 Å². The maximum absolute atomic E-state index is 14.0. The van der Waals surface area contributed by atoms with Crippen LogP contribution in [-0.4, -0.2) is 48.0 Å². The lowest BCUT2D eigenvalue weighted by Crippen LogP contribution is -2.36. The number of carbonyl (C=O) groups excluding carboxylic acids is 1. The number of amides is 1. The Kier molecular flexibility index (Phi) is 6.56. The maximum Gasteiger partial charge on any atom is 0.304 e. The van der Waals surface area contributed by atoms with Crippen LogP contribution >= 0.6 is 0 Å². The van der Waals surface area contributed by atoms with E-state index in [1.54, 1.807) is 0 Å². The SMILES string of the molecule is Cc1c2ccc3c1nnn3CCCCCc1ccc(c3ccn(C)c13)C(=O)N1CCc3ccc(cc3C1)[C@@H]2CC(=O)O. The average molecular weight is 562 g/mol. The van der Waals surface area contributed by atoms with Crippen molar-refractivity contribution < 1.29 is 14.7 Å². The molecule has 3 aromatic carbocycles. The lowest BCUT2D eigenvalue weighted by atomic mass is 9.83. The topological polar surface area (TPSA) is 93.3 Å². The van der Waals surface area contributed by atoms with E-state index < -0.39 is 5.97 Å². The van der Waals surface area contributed by atoms with Crippen LogP contribution < -0.4 is 0 Å². The molecule has 0 spiro atoms. The van der Waals surface area contributed by atoms with Gasteiger partial charge in [0.05, 0.1) is 17.5 Å². The zero-order chi connectivity index (χ0) is 29.0. The van der Waals surface area contributed by atoms with E-state index in [0.717, 1.165) is 88.4 Å². The largest absolute Gasteiger partial charge is 0.481 e. The Morgan fingerprint density at radius 2 is 1.83 bits per heavy atom. The van der Waals surface area contributed by atoms with Gasteiger partial charge in [0.15, 0.2) is 0 Å². The van der Waals surface area contributed by atoms with Crippen molar-refractivity contribution >= 4 is 33.8 Å². The normalized spacial score (nSPS) is 17.5. The van der Waals surface area contributed by atoms with Gasteiger partial charge in [-0.05, 0) is 84.2 Å². The molecule has 8 nitrogen and oxygen atoms in total. The third-order valence-corrected chi connectivity index (χ3v) is 9.33. The molecule has 8 heteroatoms. The molecule has 1 N–H and O–H groups in total. The summed E-state index contributed by atoms with van der Waals surface area (Å²) >= 11 is 0. The first-order valence-electron chi connectivity index (χ1n) is 14.9. The van der Waals surface area contributed by atoms with Gasteiger partial charge in [0.2, 0.25) is 0 Å². The Labute approximate surface area is 244 Å². The van der Waals surface area contributed by atoms with Gasteiger partial charge in [-0.3, -0.25) is 9.59 Å². The van der Waals surface area contributed by atoms with E-state index >= 15 is 0 Å². The van der Waals surface area contributed by atoms with Crippen molar-refractivity contribution in [2.75, 3.05) is 6.54 Å². The molecule has 0 saturated heterocycles. The van der Waals surface area contributed by atoms with Crippen molar-refractivity contribution in [3.05, 3.63) is 93.7 Å². The average Bonchev–Trinajstić information content (AvgIpc) is 3.59. The first kappa shape index (κ1) is 26.4. The van der Waals surface area contributed by atoms with E-state index in [9.17, 15) is 14.7 Å². The number of hydrogen-bond donors (Lipinski definition) is 1. The van der Waals surface area contributed by atoms with Crippen LogP contribution in [0.3, 0.4) is 0 Å². The van der Waals surface area contributed by atoms with E-state index in [0.29, 0.717) is 13.1 Å². The molecular weight excluding hydrogens is 526 g/mol. The zero-order valence-corrected chi connectivity index (χ0v) is 24.1. The molecule has 5 aliphatic rings. The zero-order valence-electron chi connectivity index (χ0n) is 24.1.